The molecule has 0 fully saturated rings. The van der Waals surface area contributed by atoms with Crippen LogP contribution in [-0.2, 0) is 0 Å². The summed E-state index contributed by atoms with van der Waals surface area (Å²) in [5, 5.41) is 8.90. The van der Waals surface area contributed by atoms with Crippen LogP contribution in [0.1, 0.15) is 12.5 Å². The third-order valence-corrected chi connectivity index (χ3v) is 1.53. The van der Waals surface area contributed by atoms with Crippen LogP contribution < -0.4 is 4.74 Å². The molecule has 0 aliphatic rings. The van der Waals surface area contributed by atoms with Crippen molar-refractivity contribution in [1.82, 2.24) is 0 Å². The molecule has 0 bridgehead atoms. The molecule has 16 heavy (non-hydrogen) atoms. The van der Waals surface area contributed by atoms with E-state index in [2.05, 4.69) is 16.6 Å². The molecule has 0 saturated heterocycles. The van der Waals surface area contributed by atoms with Gasteiger partial charge in [0, 0.05) is 0 Å². The quantitative estimate of drug-likeness (QED) is 0.750. The maximum absolute atomic E-state index is 12.0. The monoisotopic (exact) mass is 230 g/mol. The maximum atomic E-state index is 12.0. The number of rotatable bonds is 1. The average molecular weight is 230 g/mol. The Morgan fingerprint density at radius 3 is 2.50 bits per heavy atom. The third kappa shape index (κ3) is 4.24. The van der Waals surface area contributed by atoms with Crippen molar-refractivity contribution in [3.8, 4) is 17.6 Å². The molecule has 0 aliphatic carbocycles. The van der Waals surface area contributed by atoms with Crippen molar-refractivity contribution < 1.29 is 23.0 Å². The molecular formula is C11H9F3O2. The average Bonchev–Trinajstić information content (AvgIpc) is 2.14. The standard InChI is InChI=1S/C11H9F3O2/c1-8(15)6-7-9-4-2-3-5-10(9)16-11(12,13)14/h2-5,8,15H,1H3. The second-order valence-electron chi connectivity index (χ2n) is 2.99. The molecule has 2 nitrogen and oxygen atoms in total. The van der Waals surface area contributed by atoms with Crippen LogP contribution in [0.4, 0.5) is 13.2 Å². The van der Waals surface area contributed by atoms with Gasteiger partial charge in [-0.3, -0.25) is 0 Å². The first-order chi connectivity index (χ1) is 7.38. The summed E-state index contributed by atoms with van der Waals surface area (Å²) in [7, 11) is 0. The molecular weight excluding hydrogens is 221 g/mol. The molecule has 0 radical (unpaired) electrons. The van der Waals surface area contributed by atoms with Crippen molar-refractivity contribution in [2.45, 2.75) is 19.4 Å². The fourth-order valence-electron chi connectivity index (χ4n) is 0.966. The Balaban J connectivity index is 2.98. The van der Waals surface area contributed by atoms with Crippen LogP contribution in [0.3, 0.4) is 0 Å². The van der Waals surface area contributed by atoms with Crippen LogP contribution in [-0.4, -0.2) is 17.6 Å². The lowest BCUT2D eigenvalue weighted by Crippen LogP contribution is -2.17. The van der Waals surface area contributed by atoms with Crippen LogP contribution >= 0.6 is 0 Å². The molecule has 5 heteroatoms. The molecule has 1 N–H and O–H groups in total. The van der Waals surface area contributed by atoms with Crippen molar-refractivity contribution in [1.29, 1.82) is 0 Å². The van der Waals surface area contributed by atoms with Crippen LogP contribution in [0.5, 0.6) is 5.75 Å². The highest BCUT2D eigenvalue weighted by molar-refractivity contribution is 5.46. The summed E-state index contributed by atoms with van der Waals surface area (Å²) in [4.78, 5) is 0. The van der Waals surface area contributed by atoms with Crippen molar-refractivity contribution in [3.05, 3.63) is 29.8 Å². The molecule has 0 heterocycles. The zero-order chi connectivity index (χ0) is 12.2. The molecule has 1 atom stereocenters. The Kier molecular flexibility index (Phi) is 3.80. The first-order valence-corrected chi connectivity index (χ1v) is 4.43. The number of hydrogen-bond donors (Lipinski definition) is 1. The van der Waals surface area contributed by atoms with E-state index in [9.17, 15) is 13.2 Å². The molecule has 1 aromatic carbocycles. The van der Waals surface area contributed by atoms with Gasteiger partial charge in [0.25, 0.3) is 0 Å². The highest BCUT2D eigenvalue weighted by atomic mass is 19.4. The maximum Gasteiger partial charge on any atom is 0.573 e. The molecule has 1 aromatic rings. The van der Waals surface area contributed by atoms with Crippen molar-refractivity contribution in [2.24, 2.45) is 0 Å². The summed E-state index contributed by atoms with van der Waals surface area (Å²) in [5.41, 5.74) is 0.0840. The Labute approximate surface area is 90.7 Å². The van der Waals surface area contributed by atoms with E-state index in [-0.39, 0.29) is 11.3 Å². The van der Waals surface area contributed by atoms with Gasteiger partial charge >= 0.3 is 6.36 Å². The van der Waals surface area contributed by atoms with Crippen LogP contribution in [0.2, 0.25) is 0 Å². The molecule has 0 spiro atoms. The molecule has 0 aliphatic heterocycles. The highest BCUT2D eigenvalue weighted by Gasteiger charge is 2.31. The number of aliphatic hydroxyl groups excluding tert-OH is 1. The van der Waals surface area contributed by atoms with E-state index in [0.29, 0.717) is 0 Å². The van der Waals surface area contributed by atoms with Gasteiger partial charge < -0.3 is 9.84 Å². The number of ether oxygens (including phenoxy) is 1. The molecule has 0 amide bonds. The SMILES string of the molecule is CC(O)C#Cc1ccccc1OC(F)(F)F. The smallest absolute Gasteiger partial charge is 0.404 e. The first kappa shape index (κ1) is 12.4. The van der Waals surface area contributed by atoms with E-state index in [4.69, 9.17) is 5.11 Å². The second kappa shape index (κ2) is 4.90. The molecule has 1 rings (SSSR count). The molecule has 0 saturated carbocycles. The number of aliphatic hydroxyl groups is 1. The van der Waals surface area contributed by atoms with Crippen molar-refractivity contribution >= 4 is 0 Å². The summed E-state index contributed by atoms with van der Waals surface area (Å²) >= 11 is 0. The van der Waals surface area contributed by atoms with E-state index in [1.807, 2.05) is 0 Å². The van der Waals surface area contributed by atoms with E-state index in [0.717, 1.165) is 0 Å². The Bertz CT molecular complexity index is 413. The fourth-order valence-corrected chi connectivity index (χ4v) is 0.966. The van der Waals surface area contributed by atoms with Crippen molar-refractivity contribution in [3.63, 3.8) is 0 Å². The highest BCUT2D eigenvalue weighted by Crippen LogP contribution is 2.25. The second-order valence-corrected chi connectivity index (χ2v) is 2.99. The molecule has 0 aromatic heterocycles. The minimum Gasteiger partial charge on any atom is -0.404 e. The van der Waals surface area contributed by atoms with E-state index in [1.54, 1.807) is 0 Å². The van der Waals surface area contributed by atoms with Gasteiger partial charge in [-0.15, -0.1) is 13.2 Å². The summed E-state index contributed by atoms with van der Waals surface area (Å²) in [6.07, 6.45) is -5.65. The zero-order valence-electron chi connectivity index (χ0n) is 8.38. The lowest BCUT2D eigenvalue weighted by Gasteiger charge is -2.09. The van der Waals surface area contributed by atoms with Gasteiger partial charge in [-0.25, -0.2) is 0 Å². The van der Waals surface area contributed by atoms with Crippen LogP contribution in [0.15, 0.2) is 24.3 Å². The topological polar surface area (TPSA) is 29.5 Å². The van der Waals surface area contributed by atoms with E-state index >= 15 is 0 Å². The normalized spacial score (nSPS) is 12.6. The van der Waals surface area contributed by atoms with Crippen LogP contribution in [0, 0.1) is 11.8 Å². The van der Waals surface area contributed by atoms with Crippen LogP contribution in [0.25, 0.3) is 0 Å². The fraction of sp³-hybridized carbons (Fsp3) is 0.273. The predicted octanol–water partition coefficient (Wildman–Crippen LogP) is 2.32. The Morgan fingerprint density at radius 1 is 1.31 bits per heavy atom. The number of para-hydroxylation sites is 1. The van der Waals surface area contributed by atoms with Gasteiger partial charge in [0.2, 0.25) is 0 Å². The number of alkyl halides is 3. The van der Waals surface area contributed by atoms with E-state index in [1.165, 1.54) is 31.2 Å². The number of benzene rings is 1. The minimum absolute atomic E-state index is 0.0840. The predicted molar refractivity (Wildman–Crippen MR) is 51.7 cm³/mol. The van der Waals surface area contributed by atoms with Gasteiger partial charge in [0.15, 0.2) is 0 Å². The van der Waals surface area contributed by atoms with Gasteiger partial charge in [-0.1, -0.05) is 24.0 Å². The van der Waals surface area contributed by atoms with Crippen molar-refractivity contribution in [2.75, 3.05) is 0 Å². The summed E-state index contributed by atoms with van der Waals surface area (Å²) in [6.45, 7) is 1.42. The van der Waals surface area contributed by atoms with Gasteiger partial charge in [0.1, 0.15) is 11.9 Å². The third-order valence-electron chi connectivity index (χ3n) is 1.53. The number of hydrogen-bond acceptors (Lipinski definition) is 2. The lowest BCUT2D eigenvalue weighted by molar-refractivity contribution is -0.274. The summed E-state index contributed by atoms with van der Waals surface area (Å²) < 4.78 is 39.8. The molecule has 1 unspecified atom stereocenters. The number of halogens is 3. The van der Waals surface area contributed by atoms with Gasteiger partial charge in [-0.2, -0.15) is 0 Å². The molecule has 86 valence electrons. The van der Waals surface area contributed by atoms with Gasteiger partial charge in [0.05, 0.1) is 5.56 Å². The summed E-state index contributed by atoms with van der Waals surface area (Å²) in [5.74, 6) is 4.38. The zero-order valence-corrected chi connectivity index (χ0v) is 8.38. The minimum atomic E-state index is -4.75. The van der Waals surface area contributed by atoms with E-state index < -0.39 is 12.5 Å². The Hall–Kier alpha value is -1.67. The lowest BCUT2D eigenvalue weighted by atomic mass is 10.2. The van der Waals surface area contributed by atoms with Gasteiger partial charge in [-0.05, 0) is 19.1 Å². The first-order valence-electron chi connectivity index (χ1n) is 4.43. The summed E-state index contributed by atoms with van der Waals surface area (Å²) in [6, 6.07) is 5.50. The Morgan fingerprint density at radius 2 is 1.94 bits per heavy atom. The largest absolute Gasteiger partial charge is 0.573 e.